The molecule has 0 bridgehead atoms. The Morgan fingerprint density at radius 2 is 1.94 bits per heavy atom. The highest BCUT2D eigenvalue weighted by Gasteiger charge is 2.10. The summed E-state index contributed by atoms with van der Waals surface area (Å²) in [6.45, 7) is 4.09. The predicted molar refractivity (Wildman–Crippen MR) is 71.2 cm³/mol. The lowest BCUT2D eigenvalue weighted by molar-refractivity contribution is 0.199. The fourth-order valence-corrected chi connectivity index (χ4v) is 2.85. The predicted octanol–water partition coefficient (Wildman–Crippen LogP) is 2.68. The van der Waals surface area contributed by atoms with E-state index >= 15 is 0 Å². The maximum atomic E-state index is 9.45. The maximum absolute atomic E-state index is 9.45. The Bertz CT molecular complexity index is 315. The van der Waals surface area contributed by atoms with Crippen LogP contribution in [0.25, 0.3) is 0 Å². The van der Waals surface area contributed by atoms with E-state index < -0.39 is 0 Å². The second kappa shape index (κ2) is 5.60. The van der Waals surface area contributed by atoms with Crippen LogP contribution in [0.1, 0.15) is 25.0 Å². The third-order valence-electron chi connectivity index (χ3n) is 2.96. The summed E-state index contributed by atoms with van der Waals surface area (Å²) in [6.07, 6.45) is 0.900. The van der Waals surface area contributed by atoms with E-state index in [1.165, 1.54) is 23.6 Å². The minimum Gasteiger partial charge on any atom is -0.389 e. The van der Waals surface area contributed by atoms with Crippen molar-refractivity contribution in [3.8, 4) is 0 Å². The van der Waals surface area contributed by atoms with Crippen LogP contribution in [0.3, 0.4) is 0 Å². The first-order valence-electron chi connectivity index (χ1n) is 5.88. The van der Waals surface area contributed by atoms with Gasteiger partial charge in [0.2, 0.25) is 0 Å². The van der Waals surface area contributed by atoms with Gasteiger partial charge in [0, 0.05) is 24.5 Å². The summed E-state index contributed by atoms with van der Waals surface area (Å²) in [5.74, 6) is 2.50. The number of rotatable bonds is 2. The third-order valence-corrected chi connectivity index (χ3v) is 4.01. The Hall–Kier alpha value is -0.670. The number of aliphatic hydroxyl groups excluding tert-OH is 1. The van der Waals surface area contributed by atoms with Crippen LogP contribution in [0.4, 0.5) is 5.69 Å². The molecular weight excluding hydrogens is 218 g/mol. The van der Waals surface area contributed by atoms with Crippen LogP contribution in [0, 0.1) is 0 Å². The number of thioether (sulfide) groups is 1. The Labute approximate surface area is 102 Å². The van der Waals surface area contributed by atoms with Gasteiger partial charge in [0.25, 0.3) is 0 Å². The SMILES string of the molecule is CC(O)c1ccc(N2CCCSCC2)cc1. The highest BCUT2D eigenvalue weighted by Crippen LogP contribution is 2.21. The van der Waals surface area contributed by atoms with E-state index in [9.17, 15) is 5.11 Å². The first kappa shape index (κ1) is 11.8. The summed E-state index contributed by atoms with van der Waals surface area (Å²) in [4.78, 5) is 2.44. The fourth-order valence-electron chi connectivity index (χ4n) is 1.97. The van der Waals surface area contributed by atoms with Crippen LogP contribution in [-0.4, -0.2) is 29.7 Å². The van der Waals surface area contributed by atoms with Gasteiger partial charge in [0.05, 0.1) is 6.10 Å². The van der Waals surface area contributed by atoms with Crippen molar-refractivity contribution in [2.24, 2.45) is 0 Å². The van der Waals surface area contributed by atoms with E-state index in [0.29, 0.717) is 0 Å². The van der Waals surface area contributed by atoms with Gasteiger partial charge < -0.3 is 10.0 Å². The van der Waals surface area contributed by atoms with Crippen molar-refractivity contribution in [3.05, 3.63) is 29.8 Å². The van der Waals surface area contributed by atoms with E-state index in [1.54, 1.807) is 6.92 Å². The summed E-state index contributed by atoms with van der Waals surface area (Å²) in [5, 5.41) is 9.45. The lowest BCUT2D eigenvalue weighted by Crippen LogP contribution is -2.25. The lowest BCUT2D eigenvalue weighted by atomic mass is 10.1. The Balaban J connectivity index is 2.07. The molecule has 0 aromatic heterocycles. The second-order valence-corrected chi connectivity index (χ2v) is 5.45. The molecule has 0 aliphatic carbocycles. The van der Waals surface area contributed by atoms with Gasteiger partial charge in [-0.25, -0.2) is 0 Å². The molecule has 16 heavy (non-hydrogen) atoms. The summed E-state index contributed by atoms with van der Waals surface area (Å²) < 4.78 is 0. The molecule has 0 spiro atoms. The molecule has 1 atom stereocenters. The van der Waals surface area contributed by atoms with Crippen LogP contribution in [0.2, 0.25) is 0 Å². The number of nitrogens with zero attached hydrogens (tertiary/aromatic N) is 1. The summed E-state index contributed by atoms with van der Waals surface area (Å²) in [5.41, 5.74) is 2.28. The molecule has 2 nitrogen and oxygen atoms in total. The number of hydrogen-bond acceptors (Lipinski definition) is 3. The number of hydrogen-bond donors (Lipinski definition) is 1. The molecular formula is C13H19NOS. The van der Waals surface area contributed by atoms with Crippen molar-refractivity contribution in [1.82, 2.24) is 0 Å². The molecule has 88 valence electrons. The number of anilines is 1. The highest BCUT2D eigenvalue weighted by molar-refractivity contribution is 7.99. The molecule has 0 amide bonds. The summed E-state index contributed by atoms with van der Waals surface area (Å²) in [7, 11) is 0. The normalized spacial score (nSPS) is 19.2. The molecule has 1 fully saturated rings. The van der Waals surface area contributed by atoms with E-state index in [0.717, 1.165) is 18.7 Å². The van der Waals surface area contributed by atoms with Gasteiger partial charge >= 0.3 is 0 Å². The monoisotopic (exact) mass is 237 g/mol. The van der Waals surface area contributed by atoms with Crippen molar-refractivity contribution in [2.45, 2.75) is 19.4 Å². The molecule has 1 unspecified atom stereocenters. The first-order chi connectivity index (χ1) is 7.77. The lowest BCUT2D eigenvalue weighted by Gasteiger charge is -2.22. The first-order valence-corrected chi connectivity index (χ1v) is 7.03. The zero-order chi connectivity index (χ0) is 11.4. The van der Waals surface area contributed by atoms with E-state index in [-0.39, 0.29) is 6.10 Å². The molecule has 1 aliphatic heterocycles. The quantitative estimate of drug-likeness (QED) is 0.855. The van der Waals surface area contributed by atoms with Crippen LogP contribution in [0.5, 0.6) is 0 Å². The van der Waals surface area contributed by atoms with Crippen LogP contribution < -0.4 is 4.90 Å². The van der Waals surface area contributed by atoms with Crippen molar-refractivity contribution in [2.75, 3.05) is 29.5 Å². The van der Waals surface area contributed by atoms with Gasteiger partial charge in [-0.3, -0.25) is 0 Å². The van der Waals surface area contributed by atoms with Gasteiger partial charge in [0.15, 0.2) is 0 Å². The van der Waals surface area contributed by atoms with Crippen molar-refractivity contribution in [3.63, 3.8) is 0 Å². The van der Waals surface area contributed by atoms with Crippen LogP contribution in [0.15, 0.2) is 24.3 Å². The molecule has 0 saturated carbocycles. The average molecular weight is 237 g/mol. The van der Waals surface area contributed by atoms with Crippen molar-refractivity contribution >= 4 is 17.4 Å². The Morgan fingerprint density at radius 3 is 2.62 bits per heavy atom. The van der Waals surface area contributed by atoms with Gasteiger partial charge in [-0.2, -0.15) is 11.8 Å². The second-order valence-electron chi connectivity index (χ2n) is 4.22. The maximum Gasteiger partial charge on any atom is 0.0761 e. The number of aliphatic hydroxyl groups is 1. The largest absolute Gasteiger partial charge is 0.389 e. The fraction of sp³-hybridized carbons (Fsp3) is 0.538. The molecule has 1 saturated heterocycles. The molecule has 1 N–H and O–H groups in total. The molecule has 1 aromatic rings. The topological polar surface area (TPSA) is 23.5 Å². The summed E-state index contributed by atoms with van der Waals surface area (Å²) in [6, 6.07) is 8.30. The van der Waals surface area contributed by atoms with E-state index in [1.807, 2.05) is 23.9 Å². The van der Waals surface area contributed by atoms with Gasteiger partial charge in [-0.05, 0) is 36.8 Å². The standard InChI is InChI=1S/C13H19NOS/c1-11(15)12-3-5-13(6-4-12)14-7-2-9-16-10-8-14/h3-6,11,15H,2,7-10H2,1H3. The van der Waals surface area contributed by atoms with Crippen molar-refractivity contribution < 1.29 is 5.11 Å². The smallest absolute Gasteiger partial charge is 0.0761 e. The molecule has 2 rings (SSSR count). The van der Waals surface area contributed by atoms with Crippen LogP contribution in [-0.2, 0) is 0 Å². The van der Waals surface area contributed by atoms with Gasteiger partial charge in [-0.15, -0.1) is 0 Å². The number of benzene rings is 1. The van der Waals surface area contributed by atoms with Crippen LogP contribution >= 0.6 is 11.8 Å². The third kappa shape index (κ3) is 2.92. The average Bonchev–Trinajstić information content (AvgIpc) is 2.57. The van der Waals surface area contributed by atoms with E-state index in [4.69, 9.17) is 0 Å². The zero-order valence-electron chi connectivity index (χ0n) is 9.72. The van der Waals surface area contributed by atoms with E-state index in [2.05, 4.69) is 17.0 Å². The minimum atomic E-state index is -0.367. The van der Waals surface area contributed by atoms with Gasteiger partial charge in [0.1, 0.15) is 0 Å². The summed E-state index contributed by atoms with van der Waals surface area (Å²) >= 11 is 2.04. The van der Waals surface area contributed by atoms with Gasteiger partial charge in [-0.1, -0.05) is 12.1 Å². The highest BCUT2D eigenvalue weighted by atomic mass is 32.2. The molecule has 3 heteroatoms. The van der Waals surface area contributed by atoms with Crippen molar-refractivity contribution in [1.29, 1.82) is 0 Å². The minimum absolute atomic E-state index is 0.367. The molecule has 1 aliphatic rings. The molecule has 0 radical (unpaired) electrons. The Kier molecular flexibility index (Phi) is 4.13. The molecule has 1 aromatic carbocycles. The zero-order valence-corrected chi connectivity index (χ0v) is 10.5. The molecule has 1 heterocycles. The Morgan fingerprint density at radius 1 is 1.19 bits per heavy atom.